The normalized spacial score (nSPS) is 13.1. The highest BCUT2D eigenvalue weighted by Gasteiger charge is 2.35. The van der Waals surface area contributed by atoms with Gasteiger partial charge in [-0.2, -0.15) is 0 Å². The third kappa shape index (κ3) is 3.11. The second kappa shape index (κ2) is 5.67. The molecule has 0 aromatic heterocycles. The Balaban J connectivity index is 2.51. The highest BCUT2D eigenvalue weighted by Crippen LogP contribution is 2.58. The Hall–Kier alpha value is -1.18. The van der Waals surface area contributed by atoms with Crippen molar-refractivity contribution in [2.75, 3.05) is 0 Å². The van der Waals surface area contributed by atoms with Crippen molar-refractivity contribution < 1.29 is 9.84 Å². The molecule has 1 aromatic carbocycles. The Morgan fingerprint density at radius 2 is 1.15 bits per heavy atom. The summed E-state index contributed by atoms with van der Waals surface area (Å²) in [6.45, 7) is 13.4. The molecule has 20 heavy (non-hydrogen) atoms. The van der Waals surface area contributed by atoms with E-state index in [2.05, 4.69) is 41.5 Å². The van der Waals surface area contributed by atoms with Gasteiger partial charge >= 0.3 is 0 Å². The van der Waals surface area contributed by atoms with Crippen LogP contribution in [0.25, 0.3) is 0 Å². The summed E-state index contributed by atoms with van der Waals surface area (Å²) in [5.41, 5.74) is 3.81. The van der Waals surface area contributed by atoms with Crippen LogP contribution in [0.5, 0.6) is 17.2 Å². The van der Waals surface area contributed by atoms with Gasteiger partial charge in [-0.1, -0.05) is 41.5 Å². The van der Waals surface area contributed by atoms with Crippen molar-refractivity contribution in [2.45, 2.75) is 60.8 Å². The maximum atomic E-state index is 10.4. The first kappa shape index (κ1) is 15.2. The summed E-state index contributed by atoms with van der Waals surface area (Å²) in [6.07, 6.45) is 2.99. The highest BCUT2D eigenvalue weighted by molar-refractivity contribution is 5.72. The number of benzene rings is 1. The van der Waals surface area contributed by atoms with Crippen LogP contribution in [-0.2, 0) is 19.3 Å². The molecule has 0 unspecified atom stereocenters. The predicted molar refractivity (Wildman–Crippen MR) is 83.8 cm³/mol. The monoisotopic (exact) mass is 276 g/mol. The SMILES string of the molecule is CC(C)Cc1c(O)c2c(c(CC(C)C)c1CC(C)C)O2. The molecule has 1 heterocycles. The van der Waals surface area contributed by atoms with Gasteiger partial charge in [0.05, 0.1) is 0 Å². The number of phenols is 1. The standard InChI is InChI=1S/C18H28O2/c1-10(2)7-13-14(8-11(3)4)16(19)18-17(20-18)15(13)9-12(5)6/h10-12,19H,7-9H2,1-6H3. The first-order chi connectivity index (χ1) is 9.31. The van der Waals surface area contributed by atoms with E-state index < -0.39 is 0 Å². The summed E-state index contributed by atoms with van der Waals surface area (Å²) >= 11 is 0. The topological polar surface area (TPSA) is 32.8 Å². The molecule has 0 fully saturated rings. The smallest absolute Gasteiger partial charge is 0.212 e. The van der Waals surface area contributed by atoms with Crippen LogP contribution in [0.2, 0.25) is 0 Å². The van der Waals surface area contributed by atoms with Gasteiger partial charge < -0.3 is 9.84 Å². The lowest BCUT2D eigenvalue weighted by Crippen LogP contribution is -2.07. The molecule has 2 rings (SSSR count). The lowest BCUT2D eigenvalue weighted by atomic mass is 9.86. The molecular formula is C18H28O2. The van der Waals surface area contributed by atoms with Gasteiger partial charge in [-0.3, -0.25) is 0 Å². The predicted octanol–water partition coefficient (Wildman–Crippen LogP) is 5.09. The largest absolute Gasteiger partial charge is 0.504 e. The molecule has 1 aromatic rings. The summed E-state index contributed by atoms with van der Waals surface area (Å²) in [7, 11) is 0. The zero-order valence-corrected chi connectivity index (χ0v) is 13.7. The van der Waals surface area contributed by atoms with Crippen molar-refractivity contribution in [1.82, 2.24) is 0 Å². The maximum Gasteiger partial charge on any atom is 0.212 e. The fourth-order valence-corrected chi connectivity index (χ4v) is 2.94. The average molecular weight is 276 g/mol. The molecule has 1 aliphatic rings. The third-order valence-electron chi connectivity index (χ3n) is 3.71. The quantitative estimate of drug-likeness (QED) is 0.745. The molecule has 0 aliphatic carbocycles. The number of rotatable bonds is 6. The van der Waals surface area contributed by atoms with Crippen LogP contribution in [0.1, 0.15) is 58.2 Å². The van der Waals surface area contributed by atoms with Gasteiger partial charge in [0.25, 0.3) is 0 Å². The van der Waals surface area contributed by atoms with Crippen molar-refractivity contribution in [3.05, 3.63) is 16.7 Å². The van der Waals surface area contributed by atoms with Crippen molar-refractivity contribution in [3.63, 3.8) is 0 Å². The zero-order valence-electron chi connectivity index (χ0n) is 13.7. The Kier molecular flexibility index (Phi) is 4.31. The Morgan fingerprint density at radius 3 is 1.65 bits per heavy atom. The average Bonchev–Trinajstić information content (AvgIpc) is 3.08. The van der Waals surface area contributed by atoms with Crippen molar-refractivity contribution >= 4 is 0 Å². The second-order valence-electron chi connectivity index (χ2n) is 7.34. The van der Waals surface area contributed by atoms with Crippen LogP contribution >= 0.6 is 0 Å². The van der Waals surface area contributed by atoms with E-state index in [1.807, 2.05) is 0 Å². The van der Waals surface area contributed by atoms with Crippen LogP contribution in [-0.4, -0.2) is 5.11 Å². The van der Waals surface area contributed by atoms with Crippen molar-refractivity contribution in [3.8, 4) is 17.2 Å². The molecular weight excluding hydrogens is 248 g/mol. The number of phenolic OH excluding ortho intramolecular Hbond substituents is 1. The third-order valence-corrected chi connectivity index (χ3v) is 3.71. The zero-order chi connectivity index (χ0) is 15.0. The Bertz CT molecular complexity index is 499. The van der Waals surface area contributed by atoms with Crippen molar-refractivity contribution in [2.24, 2.45) is 17.8 Å². The van der Waals surface area contributed by atoms with E-state index in [4.69, 9.17) is 4.74 Å². The minimum absolute atomic E-state index is 0.400. The number of fused-ring (bicyclic) bond motifs is 1. The summed E-state index contributed by atoms with van der Waals surface area (Å²) in [5.74, 6) is 3.82. The van der Waals surface area contributed by atoms with Gasteiger partial charge in [-0.05, 0) is 42.6 Å². The van der Waals surface area contributed by atoms with Gasteiger partial charge in [0.2, 0.25) is 5.75 Å². The van der Waals surface area contributed by atoms with E-state index in [-0.39, 0.29) is 0 Å². The van der Waals surface area contributed by atoms with E-state index in [1.165, 1.54) is 11.1 Å². The highest BCUT2D eigenvalue weighted by atomic mass is 16.6. The fourth-order valence-electron chi connectivity index (χ4n) is 2.94. The van der Waals surface area contributed by atoms with Crippen LogP contribution in [0.3, 0.4) is 0 Å². The molecule has 1 aliphatic heterocycles. The van der Waals surface area contributed by atoms with E-state index in [9.17, 15) is 5.11 Å². The summed E-state index contributed by atoms with van der Waals surface area (Å²) in [5, 5.41) is 10.4. The molecule has 112 valence electrons. The first-order valence-electron chi connectivity index (χ1n) is 7.88. The summed E-state index contributed by atoms with van der Waals surface area (Å²) in [6, 6.07) is 0. The van der Waals surface area contributed by atoms with Gasteiger partial charge in [0.1, 0.15) is 0 Å². The first-order valence-corrected chi connectivity index (χ1v) is 7.88. The summed E-state index contributed by atoms with van der Waals surface area (Å²) < 4.78 is 5.59. The van der Waals surface area contributed by atoms with E-state index in [1.54, 1.807) is 0 Å². The molecule has 0 saturated heterocycles. The van der Waals surface area contributed by atoms with Gasteiger partial charge in [0, 0.05) is 11.1 Å². The number of ether oxygens (including phenoxy) is 1. The number of hydrogen-bond acceptors (Lipinski definition) is 2. The summed E-state index contributed by atoms with van der Waals surface area (Å²) in [4.78, 5) is 0. The molecule has 2 nitrogen and oxygen atoms in total. The molecule has 0 amide bonds. The van der Waals surface area contributed by atoms with Crippen LogP contribution < -0.4 is 4.74 Å². The van der Waals surface area contributed by atoms with E-state index in [0.29, 0.717) is 23.5 Å². The van der Waals surface area contributed by atoms with E-state index >= 15 is 0 Å². The molecule has 0 saturated carbocycles. The van der Waals surface area contributed by atoms with Crippen LogP contribution in [0.15, 0.2) is 0 Å². The minimum Gasteiger partial charge on any atom is -0.504 e. The minimum atomic E-state index is 0.400. The number of aromatic hydroxyl groups is 1. The molecule has 0 radical (unpaired) electrons. The molecule has 0 bridgehead atoms. The molecule has 2 heteroatoms. The lowest BCUT2D eigenvalue weighted by molar-refractivity contribution is 0.450. The van der Waals surface area contributed by atoms with Gasteiger partial charge in [0.15, 0.2) is 11.5 Å². The van der Waals surface area contributed by atoms with Crippen LogP contribution in [0.4, 0.5) is 0 Å². The molecule has 1 N–H and O–H groups in total. The van der Waals surface area contributed by atoms with Crippen molar-refractivity contribution in [1.29, 1.82) is 0 Å². The van der Waals surface area contributed by atoms with Gasteiger partial charge in [-0.25, -0.2) is 0 Å². The maximum absolute atomic E-state index is 10.4. The fraction of sp³-hybridized carbons (Fsp3) is 0.667. The van der Waals surface area contributed by atoms with E-state index in [0.717, 1.165) is 36.3 Å². The Labute approximate surface area is 123 Å². The van der Waals surface area contributed by atoms with Crippen LogP contribution in [0, 0.1) is 17.8 Å². The van der Waals surface area contributed by atoms with Gasteiger partial charge in [-0.15, -0.1) is 0 Å². The molecule has 0 atom stereocenters. The molecule has 0 spiro atoms. The Morgan fingerprint density at radius 1 is 0.700 bits per heavy atom. The number of hydrogen-bond donors (Lipinski definition) is 1. The lowest BCUT2D eigenvalue weighted by Gasteiger charge is -2.18. The second-order valence-corrected chi connectivity index (χ2v) is 7.34.